The van der Waals surface area contributed by atoms with Crippen molar-refractivity contribution in [2.24, 2.45) is 0 Å². The molecular formula is C16H24FNO3. The van der Waals surface area contributed by atoms with E-state index in [1.165, 1.54) is 25.1 Å². The second-order valence-electron chi connectivity index (χ2n) is 5.84. The van der Waals surface area contributed by atoms with Gasteiger partial charge in [0.25, 0.3) is 5.91 Å². The summed E-state index contributed by atoms with van der Waals surface area (Å²) in [7, 11) is 0. The normalized spacial score (nSPS) is 14.4. The average Bonchev–Trinajstić information content (AvgIpc) is 2.40. The Hall–Kier alpha value is -1.62. The molecule has 0 fully saturated rings. The van der Waals surface area contributed by atoms with Gasteiger partial charge in [-0.05, 0) is 52.3 Å². The van der Waals surface area contributed by atoms with Crippen LogP contribution in [-0.2, 0) is 4.79 Å². The molecule has 0 bridgehead atoms. The molecule has 118 valence electrons. The second kappa shape index (κ2) is 6.89. The number of hydrogen-bond donors (Lipinski definition) is 2. The predicted octanol–water partition coefficient (Wildman–Crippen LogP) is 2.95. The molecular weight excluding hydrogens is 273 g/mol. The number of amides is 1. The third-order valence-electron chi connectivity index (χ3n) is 3.44. The number of hydrogen-bond acceptors (Lipinski definition) is 3. The minimum Gasteiger partial charge on any atom is -0.481 e. The van der Waals surface area contributed by atoms with Gasteiger partial charge >= 0.3 is 0 Å². The smallest absolute Gasteiger partial charge is 0.261 e. The van der Waals surface area contributed by atoms with E-state index in [-0.39, 0.29) is 11.4 Å². The van der Waals surface area contributed by atoms with Crippen molar-refractivity contribution in [1.82, 2.24) is 5.32 Å². The standard InChI is InChI=1S/C16H24FNO3/c1-6-16(4,5)18-15(20)11(3)21-14-8-7-12(17)9-13(14)10(2)19/h7-11,19H,6H2,1-5H3,(H,18,20)/t10-,11?/m0/s1. The molecule has 1 amide bonds. The molecule has 2 atom stereocenters. The lowest BCUT2D eigenvalue weighted by molar-refractivity contribution is -0.129. The highest BCUT2D eigenvalue weighted by Gasteiger charge is 2.24. The average molecular weight is 297 g/mol. The SMILES string of the molecule is CCC(C)(C)NC(=O)C(C)Oc1ccc(F)cc1[C@H](C)O. The maximum Gasteiger partial charge on any atom is 0.261 e. The van der Waals surface area contributed by atoms with Crippen LogP contribution in [0.2, 0.25) is 0 Å². The van der Waals surface area contributed by atoms with Gasteiger partial charge in [-0.3, -0.25) is 4.79 Å². The first kappa shape index (κ1) is 17.4. The highest BCUT2D eigenvalue weighted by atomic mass is 19.1. The fraction of sp³-hybridized carbons (Fsp3) is 0.562. The van der Waals surface area contributed by atoms with Crippen molar-refractivity contribution in [3.8, 4) is 5.75 Å². The van der Waals surface area contributed by atoms with Crippen LogP contribution >= 0.6 is 0 Å². The van der Waals surface area contributed by atoms with Crippen molar-refractivity contribution < 1.29 is 19.0 Å². The summed E-state index contributed by atoms with van der Waals surface area (Å²) in [5.41, 5.74) is 0.00864. The Morgan fingerprint density at radius 2 is 2.05 bits per heavy atom. The summed E-state index contributed by atoms with van der Waals surface area (Å²) < 4.78 is 18.8. The molecule has 0 aliphatic heterocycles. The van der Waals surface area contributed by atoms with Crippen LogP contribution in [-0.4, -0.2) is 22.7 Å². The molecule has 2 N–H and O–H groups in total. The largest absolute Gasteiger partial charge is 0.481 e. The Bertz CT molecular complexity index is 500. The summed E-state index contributed by atoms with van der Waals surface area (Å²) in [5, 5.41) is 12.5. The van der Waals surface area contributed by atoms with Gasteiger partial charge in [0.1, 0.15) is 11.6 Å². The van der Waals surface area contributed by atoms with Crippen LogP contribution in [0.15, 0.2) is 18.2 Å². The summed E-state index contributed by atoms with van der Waals surface area (Å²) in [5.74, 6) is -0.395. The van der Waals surface area contributed by atoms with Gasteiger partial charge in [-0.2, -0.15) is 0 Å². The van der Waals surface area contributed by atoms with Gasteiger partial charge in [0.05, 0.1) is 6.10 Å². The fourth-order valence-corrected chi connectivity index (χ4v) is 1.72. The van der Waals surface area contributed by atoms with Crippen molar-refractivity contribution in [2.45, 2.75) is 58.8 Å². The topological polar surface area (TPSA) is 58.6 Å². The van der Waals surface area contributed by atoms with Gasteiger partial charge < -0.3 is 15.2 Å². The fourth-order valence-electron chi connectivity index (χ4n) is 1.72. The van der Waals surface area contributed by atoms with Crippen LogP contribution in [0.25, 0.3) is 0 Å². The van der Waals surface area contributed by atoms with E-state index in [0.717, 1.165) is 6.42 Å². The number of carbonyl (C=O) groups is 1. The van der Waals surface area contributed by atoms with E-state index < -0.39 is 18.0 Å². The number of aliphatic hydroxyl groups is 1. The number of carbonyl (C=O) groups excluding carboxylic acids is 1. The molecule has 0 aliphatic rings. The lowest BCUT2D eigenvalue weighted by atomic mass is 10.0. The number of ether oxygens (including phenoxy) is 1. The van der Waals surface area contributed by atoms with E-state index in [1.807, 2.05) is 20.8 Å². The number of halogens is 1. The second-order valence-corrected chi connectivity index (χ2v) is 5.84. The summed E-state index contributed by atoms with van der Waals surface area (Å²) in [6.07, 6.45) is -0.821. The number of aliphatic hydroxyl groups excluding tert-OH is 1. The minimum atomic E-state index is -0.877. The van der Waals surface area contributed by atoms with Gasteiger partial charge in [0.15, 0.2) is 6.10 Å². The van der Waals surface area contributed by atoms with Crippen LogP contribution in [0.1, 0.15) is 52.7 Å². The van der Waals surface area contributed by atoms with Crippen LogP contribution in [0.5, 0.6) is 5.75 Å². The van der Waals surface area contributed by atoms with Gasteiger partial charge in [0.2, 0.25) is 0 Å². The van der Waals surface area contributed by atoms with Crippen molar-refractivity contribution >= 4 is 5.91 Å². The molecule has 0 spiro atoms. The number of nitrogens with one attached hydrogen (secondary N) is 1. The van der Waals surface area contributed by atoms with Crippen LogP contribution in [0.4, 0.5) is 4.39 Å². The van der Waals surface area contributed by atoms with Crippen molar-refractivity contribution in [1.29, 1.82) is 0 Å². The zero-order chi connectivity index (χ0) is 16.2. The summed E-state index contributed by atoms with van der Waals surface area (Å²) >= 11 is 0. The molecule has 21 heavy (non-hydrogen) atoms. The van der Waals surface area contributed by atoms with E-state index in [2.05, 4.69) is 5.32 Å². The molecule has 4 nitrogen and oxygen atoms in total. The van der Waals surface area contributed by atoms with Crippen LogP contribution in [0, 0.1) is 5.82 Å². The van der Waals surface area contributed by atoms with E-state index >= 15 is 0 Å². The van der Waals surface area contributed by atoms with Crippen LogP contribution < -0.4 is 10.1 Å². The first-order valence-electron chi connectivity index (χ1n) is 7.12. The lowest BCUT2D eigenvalue weighted by Crippen LogP contribution is -2.48. The molecule has 0 radical (unpaired) electrons. The van der Waals surface area contributed by atoms with Gasteiger partial charge in [-0.1, -0.05) is 6.92 Å². The van der Waals surface area contributed by atoms with E-state index in [1.54, 1.807) is 6.92 Å². The molecule has 1 aromatic carbocycles. The highest BCUT2D eigenvalue weighted by Crippen LogP contribution is 2.27. The molecule has 0 heterocycles. The summed E-state index contributed by atoms with van der Waals surface area (Å²) in [6.45, 7) is 8.98. The van der Waals surface area contributed by atoms with Crippen molar-refractivity contribution in [3.63, 3.8) is 0 Å². The monoisotopic (exact) mass is 297 g/mol. The third-order valence-corrected chi connectivity index (χ3v) is 3.44. The molecule has 0 aromatic heterocycles. The Morgan fingerprint density at radius 1 is 1.43 bits per heavy atom. The molecule has 5 heteroatoms. The first-order chi connectivity index (χ1) is 9.66. The molecule has 1 unspecified atom stereocenters. The predicted molar refractivity (Wildman–Crippen MR) is 79.6 cm³/mol. The highest BCUT2D eigenvalue weighted by molar-refractivity contribution is 5.81. The number of rotatable bonds is 6. The zero-order valence-corrected chi connectivity index (χ0v) is 13.2. The van der Waals surface area contributed by atoms with E-state index in [0.29, 0.717) is 11.3 Å². The molecule has 1 aromatic rings. The van der Waals surface area contributed by atoms with E-state index in [4.69, 9.17) is 4.74 Å². The lowest BCUT2D eigenvalue weighted by Gasteiger charge is -2.27. The van der Waals surface area contributed by atoms with E-state index in [9.17, 15) is 14.3 Å². The quantitative estimate of drug-likeness (QED) is 0.848. The van der Waals surface area contributed by atoms with Gasteiger partial charge in [-0.25, -0.2) is 4.39 Å². The van der Waals surface area contributed by atoms with Crippen molar-refractivity contribution in [3.05, 3.63) is 29.6 Å². The Kier molecular flexibility index (Phi) is 5.72. The zero-order valence-electron chi connectivity index (χ0n) is 13.2. The molecule has 1 rings (SSSR count). The first-order valence-corrected chi connectivity index (χ1v) is 7.12. The molecule has 0 aliphatic carbocycles. The Balaban J connectivity index is 2.84. The summed E-state index contributed by atoms with van der Waals surface area (Å²) in [4.78, 5) is 12.1. The number of benzene rings is 1. The maximum atomic E-state index is 13.2. The van der Waals surface area contributed by atoms with Crippen LogP contribution in [0.3, 0.4) is 0 Å². The Morgan fingerprint density at radius 3 is 2.57 bits per heavy atom. The summed E-state index contributed by atoms with van der Waals surface area (Å²) in [6, 6.07) is 3.87. The van der Waals surface area contributed by atoms with Gasteiger partial charge in [0, 0.05) is 11.1 Å². The maximum absolute atomic E-state index is 13.2. The van der Waals surface area contributed by atoms with Gasteiger partial charge in [-0.15, -0.1) is 0 Å². The minimum absolute atomic E-state index is 0.247. The molecule has 0 saturated carbocycles. The van der Waals surface area contributed by atoms with Crippen molar-refractivity contribution in [2.75, 3.05) is 0 Å². The Labute approximate surface area is 125 Å². The molecule has 0 saturated heterocycles. The third kappa shape index (κ3) is 5.01.